The number of likely N-dealkylation sites (N-methyl/N-ethyl adjacent to an activating group) is 1. The number of benzene rings is 1. The Balaban J connectivity index is 3.23. The van der Waals surface area contributed by atoms with Crippen molar-refractivity contribution in [2.75, 3.05) is 19.3 Å². The van der Waals surface area contributed by atoms with Crippen LogP contribution in [0.3, 0.4) is 0 Å². The number of nitrogens with one attached hydrogen (secondary N) is 1. The third kappa shape index (κ3) is 3.27. The second-order valence-electron chi connectivity index (χ2n) is 3.78. The van der Waals surface area contributed by atoms with E-state index in [-0.39, 0.29) is 20.7 Å². The van der Waals surface area contributed by atoms with Gasteiger partial charge in [0.2, 0.25) is 0 Å². The van der Waals surface area contributed by atoms with E-state index >= 15 is 0 Å². The van der Waals surface area contributed by atoms with Crippen molar-refractivity contribution in [3.63, 3.8) is 0 Å². The minimum Gasteiger partial charge on any atom is -0.314 e. The van der Waals surface area contributed by atoms with Gasteiger partial charge in [-0.15, -0.1) is 0 Å². The molecular formula is C11H14BrF2NO2S. The highest BCUT2D eigenvalue weighted by atomic mass is 79.9. The first-order chi connectivity index (χ1) is 8.24. The van der Waals surface area contributed by atoms with Crippen LogP contribution in [0.2, 0.25) is 0 Å². The van der Waals surface area contributed by atoms with E-state index in [0.29, 0.717) is 0 Å². The quantitative estimate of drug-likeness (QED) is 0.895. The molecule has 102 valence electrons. The number of hydrogen-bond donors (Lipinski definition) is 1. The molecule has 0 atom stereocenters. The van der Waals surface area contributed by atoms with Gasteiger partial charge in [0, 0.05) is 10.0 Å². The number of alkyl halides is 2. The number of sulfone groups is 1. The monoisotopic (exact) mass is 341 g/mol. The van der Waals surface area contributed by atoms with Crippen LogP contribution in [0.4, 0.5) is 8.78 Å². The molecule has 1 aromatic carbocycles. The fourth-order valence-electron chi connectivity index (χ4n) is 1.46. The van der Waals surface area contributed by atoms with E-state index in [2.05, 4.69) is 21.2 Å². The summed E-state index contributed by atoms with van der Waals surface area (Å²) in [5.41, 5.74) is -0.223. The number of hydrogen-bond acceptors (Lipinski definition) is 3. The third-order valence-corrected chi connectivity index (χ3v) is 5.17. The highest BCUT2D eigenvalue weighted by Gasteiger charge is 2.31. The van der Waals surface area contributed by atoms with Crippen molar-refractivity contribution in [1.82, 2.24) is 5.32 Å². The molecule has 1 rings (SSSR count). The fraction of sp³-hybridized carbons (Fsp3) is 0.455. The molecule has 0 amide bonds. The topological polar surface area (TPSA) is 46.2 Å². The predicted molar refractivity (Wildman–Crippen MR) is 69.7 cm³/mol. The van der Waals surface area contributed by atoms with Crippen LogP contribution in [-0.4, -0.2) is 27.8 Å². The summed E-state index contributed by atoms with van der Waals surface area (Å²) >= 11 is 3.03. The number of rotatable bonds is 5. The van der Waals surface area contributed by atoms with Crippen molar-refractivity contribution in [3.8, 4) is 0 Å². The van der Waals surface area contributed by atoms with Crippen LogP contribution >= 0.6 is 15.9 Å². The first kappa shape index (κ1) is 15.5. The van der Waals surface area contributed by atoms with Gasteiger partial charge in [-0.3, -0.25) is 0 Å². The van der Waals surface area contributed by atoms with Gasteiger partial charge in [0.25, 0.3) is 5.92 Å². The fourth-order valence-corrected chi connectivity index (χ4v) is 3.52. The second-order valence-corrected chi connectivity index (χ2v) is 6.88. The van der Waals surface area contributed by atoms with Gasteiger partial charge in [0.15, 0.2) is 9.84 Å². The molecule has 1 aromatic rings. The first-order valence-electron chi connectivity index (χ1n) is 5.30. The first-order valence-corrected chi connectivity index (χ1v) is 7.74. The molecule has 0 bridgehead atoms. The molecule has 0 saturated carbocycles. The van der Waals surface area contributed by atoms with Crippen molar-refractivity contribution >= 4 is 25.8 Å². The van der Waals surface area contributed by atoms with Crippen molar-refractivity contribution in [1.29, 1.82) is 0 Å². The van der Waals surface area contributed by atoms with Crippen LogP contribution < -0.4 is 5.32 Å². The van der Waals surface area contributed by atoms with Gasteiger partial charge in [-0.05, 0) is 35.1 Å². The van der Waals surface area contributed by atoms with Crippen LogP contribution in [0, 0.1) is 0 Å². The summed E-state index contributed by atoms with van der Waals surface area (Å²) < 4.78 is 50.7. The van der Waals surface area contributed by atoms with Crippen LogP contribution in [0.25, 0.3) is 0 Å². The Hall–Kier alpha value is -0.530. The van der Waals surface area contributed by atoms with E-state index in [1.54, 1.807) is 0 Å². The number of halogens is 3. The highest BCUT2D eigenvalue weighted by Crippen LogP contribution is 2.32. The maximum atomic E-state index is 13.6. The van der Waals surface area contributed by atoms with Gasteiger partial charge < -0.3 is 5.32 Å². The summed E-state index contributed by atoms with van der Waals surface area (Å²) in [7, 11) is -1.98. The Morgan fingerprint density at radius 2 is 2.00 bits per heavy atom. The predicted octanol–water partition coefficient (Wildman–Crippen LogP) is 2.55. The Kier molecular flexibility index (Phi) is 4.85. The third-order valence-electron chi connectivity index (χ3n) is 2.47. The summed E-state index contributed by atoms with van der Waals surface area (Å²) in [6, 6.07) is 3.51. The molecule has 0 spiro atoms. The zero-order valence-electron chi connectivity index (χ0n) is 10.0. The molecule has 3 nitrogen and oxygen atoms in total. The molecule has 18 heavy (non-hydrogen) atoms. The van der Waals surface area contributed by atoms with E-state index in [1.165, 1.54) is 20.0 Å². The zero-order chi connectivity index (χ0) is 14.0. The van der Waals surface area contributed by atoms with Gasteiger partial charge in [-0.25, -0.2) is 8.42 Å². The average Bonchev–Trinajstić information content (AvgIpc) is 2.28. The normalized spacial score (nSPS) is 12.7. The van der Waals surface area contributed by atoms with E-state index in [0.717, 1.165) is 12.1 Å². The molecule has 0 radical (unpaired) electrons. The molecule has 0 aliphatic heterocycles. The molecule has 7 heteroatoms. The molecule has 0 heterocycles. The SMILES string of the molecule is CCS(=O)(=O)c1ccc(C(F)(F)CNC)cc1Br. The zero-order valence-corrected chi connectivity index (χ0v) is 12.4. The maximum Gasteiger partial charge on any atom is 0.285 e. The van der Waals surface area contributed by atoms with Gasteiger partial charge in [-0.1, -0.05) is 13.0 Å². The lowest BCUT2D eigenvalue weighted by atomic mass is 10.1. The summed E-state index contributed by atoms with van der Waals surface area (Å²) in [6.07, 6.45) is 0. The lowest BCUT2D eigenvalue weighted by Crippen LogP contribution is -2.28. The highest BCUT2D eigenvalue weighted by molar-refractivity contribution is 9.10. The summed E-state index contributed by atoms with van der Waals surface area (Å²) in [4.78, 5) is 0.0361. The second kappa shape index (κ2) is 5.63. The molecule has 0 aliphatic carbocycles. The Morgan fingerprint density at radius 1 is 1.39 bits per heavy atom. The van der Waals surface area contributed by atoms with Crippen molar-refractivity contribution in [2.45, 2.75) is 17.7 Å². The summed E-state index contributed by atoms with van der Waals surface area (Å²) in [5.74, 6) is -3.11. The van der Waals surface area contributed by atoms with E-state index in [9.17, 15) is 17.2 Å². The van der Waals surface area contributed by atoms with Crippen LogP contribution in [0.5, 0.6) is 0 Å². The molecule has 0 aromatic heterocycles. The van der Waals surface area contributed by atoms with Crippen molar-refractivity contribution < 1.29 is 17.2 Å². The van der Waals surface area contributed by atoms with Gasteiger partial charge in [-0.2, -0.15) is 8.78 Å². The van der Waals surface area contributed by atoms with Crippen LogP contribution in [-0.2, 0) is 15.8 Å². The average molecular weight is 342 g/mol. The Bertz CT molecular complexity index is 532. The van der Waals surface area contributed by atoms with E-state index in [1.807, 2.05) is 0 Å². The van der Waals surface area contributed by atoms with Crippen molar-refractivity contribution in [2.24, 2.45) is 0 Å². The van der Waals surface area contributed by atoms with Gasteiger partial charge >= 0.3 is 0 Å². The molecule has 1 N–H and O–H groups in total. The Labute approximate surface area is 114 Å². The van der Waals surface area contributed by atoms with Gasteiger partial charge in [0.05, 0.1) is 17.2 Å². The largest absolute Gasteiger partial charge is 0.314 e. The van der Waals surface area contributed by atoms with Crippen molar-refractivity contribution in [3.05, 3.63) is 28.2 Å². The minimum atomic E-state index is -3.41. The Morgan fingerprint density at radius 3 is 2.44 bits per heavy atom. The standard InChI is InChI=1S/C11H14BrF2NO2S/c1-3-18(16,17)10-5-4-8(6-9(10)12)11(13,14)7-15-2/h4-6,15H,3,7H2,1-2H3. The molecule has 0 fully saturated rings. The smallest absolute Gasteiger partial charge is 0.285 e. The van der Waals surface area contributed by atoms with E-state index < -0.39 is 22.3 Å². The molecule has 0 aliphatic rings. The minimum absolute atomic E-state index is 0.0361. The lowest BCUT2D eigenvalue weighted by molar-refractivity contribution is -0.00137. The maximum absolute atomic E-state index is 13.6. The lowest BCUT2D eigenvalue weighted by Gasteiger charge is -2.17. The van der Waals surface area contributed by atoms with Crippen LogP contribution in [0.15, 0.2) is 27.6 Å². The molecule has 0 saturated heterocycles. The van der Waals surface area contributed by atoms with Gasteiger partial charge in [0.1, 0.15) is 0 Å². The van der Waals surface area contributed by atoms with Crippen LogP contribution in [0.1, 0.15) is 12.5 Å². The summed E-state index contributed by atoms with van der Waals surface area (Å²) in [6.45, 7) is 1.00. The van der Waals surface area contributed by atoms with E-state index in [4.69, 9.17) is 0 Å². The summed E-state index contributed by atoms with van der Waals surface area (Å²) in [5, 5.41) is 2.40. The molecule has 0 unspecified atom stereocenters. The molecular weight excluding hydrogens is 328 g/mol.